The summed E-state index contributed by atoms with van der Waals surface area (Å²) in [5.74, 6) is 0. The maximum Gasteiger partial charge on any atom is 0.246 e. The topological polar surface area (TPSA) is 50.3 Å². The lowest BCUT2D eigenvalue weighted by atomic mass is 10.2. The summed E-state index contributed by atoms with van der Waals surface area (Å²) in [4.78, 5) is 3.90. The summed E-state index contributed by atoms with van der Waals surface area (Å²) in [5.41, 5.74) is 1.06. The van der Waals surface area contributed by atoms with Crippen molar-refractivity contribution >= 4 is 21.6 Å². The molecule has 1 aliphatic heterocycles. The number of aromatic nitrogens is 1. The first-order chi connectivity index (χ1) is 8.01. The van der Waals surface area contributed by atoms with E-state index in [9.17, 15) is 8.42 Å². The second kappa shape index (κ2) is 4.76. The van der Waals surface area contributed by atoms with Crippen molar-refractivity contribution in [3.05, 3.63) is 35.1 Å². The minimum Gasteiger partial charge on any atom is -0.263 e. The molecule has 0 radical (unpaired) electrons. The molecule has 92 valence electrons. The van der Waals surface area contributed by atoms with Crippen LogP contribution in [0.15, 0.2) is 35.0 Å². The number of nitrogens with zero attached hydrogens (tertiary/aromatic N) is 2. The molecule has 0 amide bonds. The number of hydrogen-bond acceptors (Lipinski definition) is 3. The lowest BCUT2D eigenvalue weighted by molar-refractivity contribution is 0.427. The molecule has 0 fully saturated rings. The molecule has 1 aromatic heterocycles. The van der Waals surface area contributed by atoms with Gasteiger partial charge in [-0.1, -0.05) is 23.3 Å². The standard InChI is InChI=1S/C11H13ClN2O2S/c1-9-3-2-6-14(8-9)17(15,16)11-7-13-5-4-10(11)12/h3-5,7H,2,6,8H2,1H3. The van der Waals surface area contributed by atoms with Crippen molar-refractivity contribution < 1.29 is 8.42 Å². The summed E-state index contributed by atoms with van der Waals surface area (Å²) in [7, 11) is -3.53. The minimum absolute atomic E-state index is 0.0800. The van der Waals surface area contributed by atoms with Gasteiger partial charge in [0.25, 0.3) is 0 Å². The van der Waals surface area contributed by atoms with Crippen LogP contribution in [0.4, 0.5) is 0 Å². The lowest BCUT2D eigenvalue weighted by Crippen LogP contribution is -2.35. The highest BCUT2D eigenvalue weighted by Gasteiger charge is 2.27. The van der Waals surface area contributed by atoms with Gasteiger partial charge in [0.15, 0.2) is 0 Å². The third-order valence-corrected chi connectivity index (χ3v) is 4.96. The van der Waals surface area contributed by atoms with Crippen LogP contribution in [0.25, 0.3) is 0 Å². The van der Waals surface area contributed by atoms with Crippen molar-refractivity contribution in [2.45, 2.75) is 18.2 Å². The predicted molar refractivity (Wildman–Crippen MR) is 66.4 cm³/mol. The predicted octanol–water partition coefficient (Wildman–Crippen LogP) is 2.08. The molecule has 0 aliphatic carbocycles. The van der Waals surface area contributed by atoms with Crippen molar-refractivity contribution in [3.8, 4) is 0 Å². The Labute approximate surface area is 106 Å². The number of halogens is 1. The van der Waals surface area contributed by atoms with Crippen LogP contribution in [0.2, 0.25) is 5.02 Å². The van der Waals surface area contributed by atoms with E-state index in [1.807, 2.05) is 6.92 Å². The van der Waals surface area contributed by atoms with Gasteiger partial charge in [0.1, 0.15) is 4.90 Å². The van der Waals surface area contributed by atoms with Crippen molar-refractivity contribution in [2.24, 2.45) is 0 Å². The van der Waals surface area contributed by atoms with E-state index in [-0.39, 0.29) is 9.92 Å². The molecule has 4 nitrogen and oxygen atoms in total. The molecule has 1 aliphatic rings. The van der Waals surface area contributed by atoms with Crippen molar-refractivity contribution in [2.75, 3.05) is 13.1 Å². The average molecular weight is 273 g/mol. The van der Waals surface area contributed by atoms with E-state index in [1.54, 1.807) is 0 Å². The van der Waals surface area contributed by atoms with Gasteiger partial charge in [0, 0.05) is 25.5 Å². The van der Waals surface area contributed by atoms with Gasteiger partial charge >= 0.3 is 0 Å². The summed E-state index contributed by atoms with van der Waals surface area (Å²) < 4.78 is 26.1. The fourth-order valence-electron chi connectivity index (χ4n) is 1.77. The largest absolute Gasteiger partial charge is 0.263 e. The lowest BCUT2D eigenvalue weighted by Gasteiger charge is -2.25. The molecule has 0 unspecified atom stereocenters. The smallest absolute Gasteiger partial charge is 0.246 e. The molecule has 1 aromatic rings. The Hall–Kier alpha value is -0.910. The van der Waals surface area contributed by atoms with Gasteiger partial charge in [-0.15, -0.1) is 0 Å². The second-order valence-corrected chi connectivity index (χ2v) is 6.30. The highest BCUT2D eigenvalue weighted by atomic mass is 35.5. The third-order valence-electron chi connectivity index (χ3n) is 2.65. The number of pyridine rings is 1. The molecule has 6 heteroatoms. The Kier molecular flexibility index (Phi) is 3.51. The Balaban J connectivity index is 2.38. The SMILES string of the molecule is CC1=CCCN(S(=O)(=O)c2cnccc2Cl)C1. The first-order valence-corrected chi connectivity index (χ1v) is 7.09. The van der Waals surface area contributed by atoms with Gasteiger partial charge in [-0.3, -0.25) is 4.98 Å². The summed E-state index contributed by atoms with van der Waals surface area (Å²) >= 11 is 5.90. The van der Waals surface area contributed by atoms with Gasteiger partial charge < -0.3 is 0 Å². The molecule has 0 saturated carbocycles. The van der Waals surface area contributed by atoms with Crippen LogP contribution in [-0.4, -0.2) is 30.8 Å². The molecule has 0 atom stereocenters. The van der Waals surface area contributed by atoms with Gasteiger partial charge in [-0.25, -0.2) is 8.42 Å². The van der Waals surface area contributed by atoms with Crippen LogP contribution in [0.5, 0.6) is 0 Å². The van der Waals surface area contributed by atoms with E-state index in [0.717, 1.165) is 12.0 Å². The Bertz CT molecular complexity index is 554. The molecule has 0 aromatic carbocycles. The molecular weight excluding hydrogens is 260 g/mol. The normalized spacial score (nSPS) is 17.9. The molecular formula is C11H13ClN2O2S. The van der Waals surface area contributed by atoms with Gasteiger partial charge in [0.2, 0.25) is 10.0 Å². The zero-order valence-electron chi connectivity index (χ0n) is 9.43. The molecule has 0 N–H and O–H groups in total. The zero-order valence-corrected chi connectivity index (χ0v) is 11.0. The van der Waals surface area contributed by atoms with E-state index in [4.69, 9.17) is 11.6 Å². The minimum atomic E-state index is -3.53. The first-order valence-electron chi connectivity index (χ1n) is 5.27. The van der Waals surface area contributed by atoms with E-state index in [1.165, 1.54) is 22.8 Å². The summed E-state index contributed by atoms with van der Waals surface area (Å²) in [5, 5.41) is 0.215. The van der Waals surface area contributed by atoms with Crippen molar-refractivity contribution in [1.29, 1.82) is 0 Å². The van der Waals surface area contributed by atoms with E-state index >= 15 is 0 Å². The summed E-state index contributed by atoms with van der Waals surface area (Å²) in [6, 6.07) is 1.49. The molecule has 2 rings (SSSR count). The van der Waals surface area contributed by atoms with Crippen molar-refractivity contribution in [3.63, 3.8) is 0 Å². The molecule has 0 bridgehead atoms. The maximum absolute atomic E-state index is 12.3. The monoisotopic (exact) mass is 272 g/mol. The fourth-order valence-corrected chi connectivity index (χ4v) is 3.68. The number of sulfonamides is 1. The third kappa shape index (κ3) is 2.51. The van der Waals surface area contributed by atoms with Crippen LogP contribution >= 0.6 is 11.6 Å². The second-order valence-electron chi connectivity index (χ2n) is 3.98. The highest BCUT2D eigenvalue weighted by Crippen LogP contribution is 2.25. The number of hydrogen-bond donors (Lipinski definition) is 0. The fraction of sp³-hybridized carbons (Fsp3) is 0.364. The Morgan fingerprint density at radius 2 is 2.24 bits per heavy atom. The highest BCUT2D eigenvalue weighted by molar-refractivity contribution is 7.89. The van der Waals surface area contributed by atoms with Gasteiger partial charge in [-0.2, -0.15) is 4.31 Å². The van der Waals surface area contributed by atoms with Gasteiger partial charge in [-0.05, 0) is 19.4 Å². The number of rotatable bonds is 2. The van der Waals surface area contributed by atoms with Crippen LogP contribution in [0, 0.1) is 0 Å². The molecule has 2 heterocycles. The van der Waals surface area contributed by atoms with E-state index in [2.05, 4.69) is 11.1 Å². The maximum atomic E-state index is 12.3. The van der Waals surface area contributed by atoms with E-state index in [0.29, 0.717) is 13.1 Å². The summed E-state index contributed by atoms with van der Waals surface area (Å²) in [6.45, 7) is 2.84. The van der Waals surface area contributed by atoms with Crippen molar-refractivity contribution in [1.82, 2.24) is 9.29 Å². The zero-order chi connectivity index (χ0) is 12.5. The van der Waals surface area contributed by atoms with Crippen LogP contribution in [0.3, 0.4) is 0 Å². The first kappa shape index (κ1) is 12.5. The van der Waals surface area contributed by atoms with Gasteiger partial charge in [0.05, 0.1) is 5.02 Å². The van der Waals surface area contributed by atoms with Crippen LogP contribution < -0.4 is 0 Å². The average Bonchev–Trinajstić information content (AvgIpc) is 2.29. The van der Waals surface area contributed by atoms with E-state index < -0.39 is 10.0 Å². The Morgan fingerprint density at radius 3 is 2.88 bits per heavy atom. The van der Waals surface area contributed by atoms with Crippen LogP contribution in [-0.2, 0) is 10.0 Å². The summed E-state index contributed by atoms with van der Waals surface area (Å²) in [6.07, 6.45) is 5.56. The van der Waals surface area contributed by atoms with Crippen LogP contribution in [0.1, 0.15) is 13.3 Å². The molecule has 17 heavy (non-hydrogen) atoms. The molecule has 0 spiro atoms. The quantitative estimate of drug-likeness (QED) is 0.775. The Morgan fingerprint density at radius 1 is 1.47 bits per heavy atom. The molecule has 0 saturated heterocycles.